The minimum Gasteiger partial charge on any atom is -0.490 e. The minimum absolute atomic E-state index is 0.267. The van der Waals surface area contributed by atoms with Gasteiger partial charge in [0.2, 0.25) is 0 Å². The first kappa shape index (κ1) is 15.2. The Balaban J connectivity index is 1.76. The highest BCUT2D eigenvalue weighted by Gasteiger charge is 2.25. The van der Waals surface area contributed by atoms with Crippen molar-refractivity contribution in [3.8, 4) is 11.5 Å². The Hall–Kier alpha value is -1.22. The number of rotatable bonds is 9. The number of nitrogens with one attached hydrogen (secondary N) is 1. The molecular weight excluding hydrogens is 250 g/mol. The van der Waals surface area contributed by atoms with Gasteiger partial charge in [0.1, 0.15) is 0 Å². The molecule has 112 valence electrons. The minimum atomic E-state index is 0.267. The molecule has 1 aliphatic carbocycles. The number of para-hydroxylation sites is 2. The van der Waals surface area contributed by atoms with Crippen LogP contribution in [0.2, 0.25) is 0 Å². The van der Waals surface area contributed by atoms with Crippen molar-refractivity contribution in [3.63, 3.8) is 0 Å². The first-order chi connectivity index (χ1) is 9.61. The van der Waals surface area contributed by atoms with Crippen LogP contribution < -0.4 is 14.8 Å². The van der Waals surface area contributed by atoms with E-state index in [1.807, 2.05) is 31.2 Å². The third-order valence-corrected chi connectivity index (χ3v) is 3.63. The van der Waals surface area contributed by atoms with E-state index < -0.39 is 0 Å². The third kappa shape index (κ3) is 5.04. The maximum Gasteiger partial charge on any atom is 0.161 e. The molecule has 1 aromatic carbocycles. The summed E-state index contributed by atoms with van der Waals surface area (Å²) < 4.78 is 11.5. The summed E-state index contributed by atoms with van der Waals surface area (Å²) in [5, 5.41) is 3.60. The molecule has 0 aliphatic heterocycles. The second-order valence-corrected chi connectivity index (χ2v) is 6.30. The second-order valence-electron chi connectivity index (χ2n) is 6.30. The molecule has 0 spiro atoms. The van der Waals surface area contributed by atoms with E-state index in [0.29, 0.717) is 6.61 Å². The smallest absolute Gasteiger partial charge is 0.161 e. The van der Waals surface area contributed by atoms with Crippen LogP contribution in [0.4, 0.5) is 0 Å². The molecule has 0 unspecified atom stereocenters. The van der Waals surface area contributed by atoms with Gasteiger partial charge in [-0.2, -0.15) is 0 Å². The van der Waals surface area contributed by atoms with Gasteiger partial charge in [-0.3, -0.25) is 0 Å². The summed E-state index contributed by atoms with van der Waals surface area (Å²) in [5.41, 5.74) is 0.267. The highest BCUT2D eigenvalue weighted by molar-refractivity contribution is 5.39. The van der Waals surface area contributed by atoms with Crippen LogP contribution in [-0.2, 0) is 0 Å². The molecule has 1 N–H and O–H groups in total. The molecule has 0 radical (unpaired) electrons. The average molecular weight is 277 g/mol. The number of ether oxygens (including phenoxy) is 2. The Morgan fingerprint density at radius 2 is 1.80 bits per heavy atom. The standard InChI is InChI=1S/C17H27NO2/c1-4-19-15-7-5-6-8-16(15)20-12-11-17(2,3)13-18-14-9-10-14/h5-8,14,18H,4,9-13H2,1-3H3. The Morgan fingerprint density at radius 1 is 1.15 bits per heavy atom. The van der Waals surface area contributed by atoms with Crippen molar-refractivity contribution in [2.24, 2.45) is 5.41 Å². The zero-order chi connectivity index (χ0) is 14.4. The fourth-order valence-electron chi connectivity index (χ4n) is 2.08. The molecule has 1 fully saturated rings. The zero-order valence-corrected chi connectivity index (χ0v) is 12.9. The van der Waals surface area contributed by atoms with E-state index in [1.54, 1.807) is 0 Å². The predicted octanol–water partition coefficient (Wildman–Crippen LogP) is 3.63. The molecule has 0 heterocycles. The summed E-state index contributed by atoms with van der Waals surface area (Å²) in [7, 11) is 0. The summed E-state index contributed by atoms with van der Waals surface area (Å²) in [6.07, 6.45) is 3.72. The number of hydrogen-bond acceptors (Lipinski definition) is 3. The molecule has 2 rings (SSSR count). The van der Waals surface area contributed by atoms with Crippen molar-refractivity contribution in [3.05, 3.63) is 24.3 Å². The molecule has 20 heavy (non-hydrogen) atoms. The summed E-state index contributed by atoms with van der Waals surface area (Å²) >= 11 is 0. The molecule has 3 heteroatoms. The van der Waals surface area contributed by atoms with Crippen LogP contribution in [0.5, 0.6) is 11.5 Å². The molecule has 3 nitrogen and oxygen atoms in total. The van der Waals surface area contributed by atoms with E-state index in [2.05, 4.69) is 19.2 Å². The average Bonchev–Trinajstić information content (AvgIpc) is 3.23. The van der Waals surface area contributed by atoms with Crippen LogP contribution in [0.1, 0.15) is 40.0 Å². The Bertz CT molecular complexity index is 413. The lowest BCUT2D eigenvalue weighted by molar-refractivity contribution is 0.213. The van der Waals surface area contributed by atoms with Crippen LogP contribution in [0, 0.1) is 5.41 Å². The highest BCUT2D eigenvalue weighted by atomic mass is 16.5. The van der Waals surface area contributed by atoms with Crippen molar-refractivity contribution in [2.45, 2.75) is 46.1 Å². The Labute approximate surface area is 122 Å². The first-order valence-electron chi connectivity index (χ1n) is 7.69. The molecule has 0 atom stereocenters. The third-order valence-electron chi connectivity index (χ3n) is 3.63. The summed E-state index contributed by atoms with van der Waals surface area (Å²) in [5.74, 6) is 1.68. The van der Waals surface area contributed by atoms with E-state index in [-0.39, 0.29) is 5.41 Å². The SMILES string of the molecule is CCOc1ccccc1OCCC(C)(C)CNC1CC1. The molecular formula is C17H27NO2. The fraction of sp³-hybridized carbons (Fsp3) is 0.647. The van der Waals surface area contributed by atoms with Gasteiger partial charge in [-0.1, -0.05) is 26.0 Å². The lowest BCUT2D eigenvalue weighted by Gasteiger charge is -2.25. The number of benzene rings is 1. The lowest BCUT2D eigenvalue weighted by atomic mass is 9.89. The molecule has 0 bridgehead atoms. The Morgan fingerprint density at radius 3 is 2.40 bits per heavy atom. The van der Waals surface area contributed by atoms with E-state index in [9.17, 15) is 0 Å². The van der Waals surface area contributed by atoms with Crippen molar-refractivity contribution in [2.75, 3.05) is 19.8 Å². The van der Waals surface area contributed by atoms with E-state index in [0.717, 1.165) is 37.1 Å². The monoisotopic (exact) mass is 277 g/mol. The number of hydrogen-bond donors (Lipinski definition) is 1. The van der Waals surface area contributed by atoms with Crippen LogP contribution in [0.25, 0.3) is 0 Å². The van der Waals surface area contributed by atoms with Crippen molar-refractivity contribution >= 4 is 0 Å². The van der Waals surface area contributed by atoms with Gasteiger partial charge in [0.15, 0.2) is 11.5 Å². The fourth-order valence-corrected chi connectivity index (χ4v) is 2.08. The summed E-state index contributed by atoms with van der Waals surface area (Å²) in [4.78, 5) is 0. The topological polar surface area (TPSA) is 30.5 Å². The first-order valence-corrected chi connectivity index (χ1v) is 7.69. The lowest BCUT2D eigenvalue weighted by Crippen LogP contribution is -2.32. The zero-order valence-electron chi connectivity index (χ0n) is 12.9. The molecule has 0 aromatic heterocycles. The van der Waals surface area contributed by atoms with E-state index in [4.69, 9.17) is 9.47 Å². The molecule has 1 aliphatic rings. The van der Waals surface area contributed by atoms with Gasteiger partial charge in [-0.15, -0.1) is 0 Å². The quantitative estimate of drug-likeness (QED) is 0.747. The van der Waals surface area contributed by atoms with E-state index >= 15 is 0 Å². The van der Waals surface area contributed by atoms with Crippen LogP contribution in [0.3, 0.4) is 0 Å². The maximum atomic E-state index is 5.90. The summed E-state index contributed by atoms with van der Waals surface area (Å²) in [6, 6.07) is 8.66. The van der Waals surface area contributed by atoms with Crippen LogP contribution in [0.15, 0.2) is 24.3 Å². The van der Waals surface area contributed by atoms with Gasteiger partial charge < -0.3 is 14.8 Å². The largest absolute Gasteiger partial charge is 0.490 e. The molecule has 1 aromatic rings. The van der Waals surface area contributed by atoms with Gasteiger partial charge in [0.25, 0.3) is 0 Å². The predicted molar refractivity (Wildman–Crippen MR) is 82.5 cm³/mol. The van der Waals surface area contributed by atoms with Crippen LogP contribution >= 0.6 is 0 Å². The van der Waals surface area contributed by atoms with Gasteiger partial charge in [0, 0.05) is 12.6 Å². The Kier molecular flexibility index (Phi) is 5.30. The summed E-state index contributed by atoms with van der Waals surface area (Å²) in [6.45, 7) is 9.03. The highest BCUT2D eigenvalue weighted by Crippen LogP contribution is 2.28. The van der Waals surface area contributed by atoms with Crippen molar-refractivity contribution in [1.82, 2.24) is 5.32 Å². The molecule has 1 saturated carbocycles. The second kappa shape index (κ2) is 6.98. The van der Waals surface area contributed by atoms with Gasteiger partial charge >= 0.3 is 0 Å². The molecule has 0 amide bonds. The molecule has 0 saturated heterocycles. The maximum absolute atomic E-state index is 5.90. The van der Waals surface area contributed by atoms with Crippen molar-refractivity contribution in [1.29, 1.82) is 0 Å². The van der Waals surface area contributed by atoms with Gasteiger partial charge in [-0.05, 0) is 43.7 Å². The normalized spacial score (nSPS) is 15.2. The van der Waals surface area contributed by atoms with Crippen LogP contribution in [-0.4, -0.2) is 25.8 Å². The van der Waals surface area contributed by atoms with Gasteiger partial charge in [-0.25, -0.2) is 0 Å². The van der Waals surface area contributed by atoms with Gasteiger partial charge in [0.05, 0.1) is 13.2 Å². The van der Waals surface area contributed by atoms with E-state index in [1.165, 1.54) is 12.8 Å². The van der Waals surface area contributed by atoms with Crippen molar-refractivity contribution < 1.29 is 9.47 Å².